The lowest BCUT2D eigenvalue weighted by Gasteiger charge is -2.23. The SMILES string of the molecule is CC[C@@H](C)NC(=O)[C@@H](NS(=O)(=O)c1ccc(C)cc1)C(C)C. The number of aryl methyl sites for hydroxylation is 1. The summed E-state index contributed by atoms with van der Waals surface area (Å²) in [4.78, 5) is 12.4. The van der Waals surface area contributed by atoms with E-state index in [1.54, 1.807) is 24.3 Å². The second-order valence-electron chi connectivity index (χ2n) is 5.97. The molecule has 5 nitrogen and oxygen atoms in total. The Balaban J connectivity index is 2.94. The Hall–Kier alpha value is -1.40. The van der Waals surface area contributed by atoms with Gasteiger partial charge in [-0.1, -0.05) is 38.5 Å². The van der Waals surface area contributed by atoms with Crippen LogP contribution in [0, 0.1) is 12.8 Å². The number of amides is 1. The first kappa shape index (κ1) is 18.6. The zero-order valence-corrected chi connectivity index (χ0v) is 14.7. The van der Waals surface area contributed by atoms with E-state index in [1.807, 2.05) is 34.6 Å². The van der Waals surface area contributed by atoms with Gasteiger partial charge < -0.3 is 5.32 Å². The first-order valence-electron chi connectivity index (χ1n) is 7.56. The van der Waals surface area contributed by atoms with Crippen molar-refractivity contribution >= 4 is 15.9 Å². The highest BCUT2D eigenvalue weighted by molar-refractivity contribution is 7.89. The summed E-state index contributed by atoms with van der Waals surface area (Å²) in [5, 5.41) is 2.83. The lowest BCUT2D eigenvalue weighted by atomic mass is 10.0. The molecule has 6 heteroatoms. The van der Waals surface area contributed by atoms with Gasteiger partial charge in [-0.2, -0.15) is 4.72 Å². The van der Waals surface area contributed by atoms with E-state index >= 15 is 0 Å². The molecule has 1 aromatic carbocycles. The highest BCUT2D eigenvalue weighted by Crippen LogP contribution is 2.13. The van der Waals surface area contributed by atoms with Gasteiger partial charge >= 0.3 is 0 Å². The smallest absolute Gasteiger partial charge is 0.241 e. The topological polar surface area (TPSA) is 75.3 Å². The molecule has 0 fully saturated rings. The van der Waals surface area contributed by atoms with Gasteiger partial charge in [-0.05, 0) is 38.3 Å². The number of hydrogen-bond acceptors (Lipinski definition) is 3. The minimum absolute atomic E-state index is 0.0117. The summed E-state index contributed by atoms with van der Waals surface area (Å²) >= 11 is 0. The molecule has 1 amide bonds. The number of nitrogens with one attached hydrogen (secondary N) is 2. The standard InChI is InChI=1S/C16H26N2O3S/c1-6-13(5)17-16(19)15(11(2)3)18-22(20,21)14-9-7-12(4)8-10-14/h7-11,13,15,18H,6H2,1-5H3,(H,17,19)/t13-,15+/m1/s1. The highest BCUT2D eigenvalue weighted by atomic mass is 32.2. The second-order valence-corrected chi connectivity index (χ2v) is 7.69. The van der Waals surface area contributed by atoms with Crippen molar-refractivity contribution < 1.29 is 13.2 Å². The van der Waals surface area contributed by atoms with Crippen molar-refractivity contribution in [2.75, 3.05) is 0 Å². The molecule has 2 N–H and O–H groups in total. The zero-order valence-electron chi connectivity index (χ0n) is 13.9. The van der Waals surface area contributed by atoms with E-state index in [9.17, 15) is 13.2 Å². The van der Waals surface area contributed by atoms with Crippen LogP contribution in [0.3, 0.4) is 0 Å². The largest absolute Gasteiger partial charge is 0.352 e. The first-order valence-corrected chi connectivity index (χ1v) is 9.05. The zero-order chi connectivity index (χ0) is 16.9. The highest BCUT2D eigenvalue weighted by Gasteiger charge is 2.28. The molecule has 0 radical (unpaired) electrons. The summed E-state index contributed by atoms with van der Waals surface area (Å²) in [6.07, 6.45) is 0.793. The van der Waals surface area contributed by atoms with Gasteiger partial charge in [0.15, 0.2) is 0 Å². The molecule has 0 aromatic heterocycles. The minimum atomic E-state index is -3.72. The van der Waals surface area contributed by atoms with Crippen LogP contribution in [0.15, 0.2) is 29.2 Å². The average Bonchev–Trinajstić information content (AvgIpc) is 2.44. The van der Waals surface area contributed by atoms with Crippen molar-refractivity contribution in [1.82, 2.24) is 10.0 Å². The van der Waals surface area contributed by atoms with E-state index in [0.29, 0.717) is 0 Å². The number of sulfonamides is 1. The minimum Gasteiger partial charge on any atom is -0.352 e. The maximum Gasteiger partial charge on any atom is 0.241 e. The molecule has 22 heavy (non-hydrogen) atoms. The van der Waals surface area contributed by atoms with Gasteiger partial charge in [0.2, 0.25) is 15.9 Å². The Morgan fingerprint density at radius 1 is 1.14 bits per heavy atom. The molecule has 0 aliphatic rings. The number of benzene rings is 1. The van der Waals surface area contributed by atoms with E-state index in [0.717, 1.165) is 12.0 Å². The van der Waals surface area contributed by atoms with Gasteiger partial charge in [0, 0.05) is 6.04 Å². The Bertz CT molecular complexity index is 594. The maximum atomic E-state index is 12.4. The molecule has 124 valence electrons. The Morgan fingerprint density at radius 3 is 2.14 bits per heavy atom. The molecule has 0 heterocycles. The molecule has 0 saturated carbocycles. The monoisotopic (exact) mass is 326 g/mol. The van der Waals surface area contributed by atoms with Crippen molar-refractivity contribution in [2.24, 2.45) is 5.92 Å². The molecule has 0 saturated heterocycles. The molecule has 1 aromatic rings. The van der Waals surface area contributed by atoms with Crippen LogP contribution in [0.25, 0.3) is 0 Å². The van der Waals surface area contributed by atoms with E-state index < -0.39 is 16.1 Å². The van der Waals surface area contributed by atoms with Gasteiger partial charge in [0.1, 0.15) is 6.04 Å². The van der Waals surface area contributed by atoms with Crippen LogP contribution in [-0.2, 0) is 14.8 Å². The average molecular weight is 326 g/mol. The Labute approximate surface area is 133 Å². The first-order chi connectivity index (χ1) is 10.2. The van der Waals surface area contributed by atoms with Gasteiger partial charge in [-0.3, -0.25) is 4.79 Å². The van der Waals surface area contributed by atoms with Crippen LogP contribution in [0.2, 0.25) is 0 Å². The fraction of sp³-hybridized carbons (Fsp3) is 0.562. The number of hydrogen-bond donors (Lipinski definition) is 2. The van der Waals surface area contributed by atoms with E-state index in [2.05, 4.69) is 10.0 Å². The van der Waals surface area contributed by atoms with E-state index in [-0.39, 0.29) is 22.8 Å². The molecular weight excluding hydrogens is 300 g/mol. The van der Waals surface area contributed by atoms with Crippen LogP contribution >= 0.6 is 0 Å². The molecule has 0 bridgehead atoms. The predicted octanol–water partition coefficient (Wildman–Crippen LogP) is 2.21. The summed E-state index contributed by atoms with van der Waals surface area (Å²) in [6, 6.07) is 5.78. The van der Waals surface area contributed by atoms with Crippen molar-refractivity contribution in [3.05, 3.63) is 29.8 Å². The van der Waals surface area contributed by atoms with E-state index in [1.165, 1.54) is 0 Å². The third-order valence-corrected chi connectivity index (χ3v) is 5.02. The third-order valence-electron chi connectivity index (χ3n) is 3.56. The summed E-state index contributed by atoms with van der Waals surface area (Å²) < 4.78 is 27.4. The summed E-state index contributed by atoms with van der Waals surface area (Å²) in [6.45, 7) is 9.38. The second kappa shape index (κ2) is 7.74. The predicted molar refractivity (Wildman–Crippen MR) is 88.0 cm³/mol. The summed E-state index contributed by atoms with van der Waals surface area (Å²) in [7, 11) is -3.72. The van der Waals surface area contributed by atoms with Crippen molar-refractivity contribution in [1.29, 1.82) is 0 Å². The number of carbonyl (C=O) groups is 1. The molecule has 0 unspecified atom stereocenters. The number of carbonyl (C=O) groups excluding carboxylic acids is 1. The van der Waals surface area contributed by atoms with Gasteiger partial charge in [-0.25, -0.2) is 8.42 Å². The quantitative estimate of drug-likeness (QED) is 0.806. The normalized spacial score (nSPS) is 14.6. The fourth-order valence-corrected chi connectivity index (χ4v) is 3.22. The Morgan fingerprint density at radius 2 is 1.68 bits per heavy atom. The van der Waals surface area contributed by atoms with Gasteiger partial charge in [0.25, 0.3) is 0 Å². The van der Waals surface area contributed by atoms with Gasteiger partial charge in [-0.15, -0.1) is 0 Å². The summed E-state index contributed by atoms with van der Waals surface area (Å²) in [5.41, 5.74) is 0.980. The molecule has 2 atom stereocenters. The summed E-state index contributed by atoms with van der Waals surface area (Å²) in [5.74, 6) is -0.440. The maximum absolute atomic E-state index is 12.4. The van der Waals surface area contributed by atoms with Crippen LogP contribution in [0.1, 0.15) is 39.7 Å². The third kappa shape index (κ3) is 5.10. The molecular formula is C16H26N2O3S. The van der Waals surface area contributed by atoms with Crippen LogP contribution < -0.4 is 10.0 Å². The Kier molecular flexibility index (Phi) is 6.56. The van der Waals surface area contributed by atoms with Crippen molar-refractivity contribution in [2.45, 2.75) is 58.0 Å². The molecule has 1 rings (SSSR count). The molecule has 0 spiro atoms. The van der Waals surface area contributed by atoms with Gasteiger partial charge in [0.05, 0.1) is 4.90 Å². The fourth-order valence-electron chi connectivity index (χ4n) is 1.88. The lowest BCUT2D eigenvalue weighted by Crippen LogP contribution is -2.51. The number of rotatable bonds is 7. The molecule has 0 aliphatic carbocycles. The van der Waals surface area contributed by atoms with Crippen LogP contribution in [0.5, 0.6) is 0 Å². The van der Waals surface area contributed by atoms with Crippen LogP contribution in [-0.4, -0.2) is 26.4 Å². The lowest BCUT2D eigenvalue weighted by molar-refractivity contribution is -0.124. The van der Waals surface area contributed by atoms with Crippen molar-refractivity contribution in [3.63, 3.8) is 0 Å². The van der Waals surface area contributed by atoms with Crippen molar-refractivity contribution in [3.8, 4) is 0 Å². The molecule has 0 aliphatic heterocycles. The van der Waals surface area contributed by atoms with Crippen LogP contribution in [0.4, 0.5) is 0 Å². The van der Waals surface area contributed by atoms with E-state index in [4.69, 9.17) is 0 Å².